The number of anilines is 1. The molecule has 0 spiro atoms. The van der Waals surface area contributed by atoms with Gasteiger partial charge in [-0.2, -0.15) is 11.8 Å². The molecule has 2 rings (SSSR count). The van der Waals surface area contributed by atoms with Crippen molar-refractivity contribution >= 4 is 53.6 Å². The lowest BCUT2D eigenvalue weighted by molar-refractivity contribution is -0.127. The number of hydrogen-bond donors (Lipinski definition) is 2. The number of rotatable bonds is 7. The minimum atomic E-state index is -0.00740. The molecule has 0 aliphatic carbocycles. The van der Waals surface area contributed by atoms with Crippen molar-refractivity contribution in [1.82, 2.24) is 25.5 Å². The number of amides is 1. The third-order valence-corrected chi connectivity index (χ3v) is 4.75. The Hall–Kier alpha value is -1.30. The Kier molecular flexibility index (Phi) is 11.4. The van der Waals surface area contributed by atoms with Crippen LogP contribution in [0.25, 0.3) is 0 Å². The number of halogens is 1. The zero-order chi connectivity index (χ0) is 18.8. The van der Waals surface area contributed by atoms with Crippen molar-refractivity contribution in [2.45, 2.75) is 18.9 Å². The number of nitrogens with zero attached hydrogens (tertiary/aromatic N) is 5. The third kappa shape index (κ3) is 8.50. The molecule has 0 unspecified atom stereocenters. The number of thioether (sulfide) groups is 1. The summed E-state index contributed by atoms with van der Waals surface area (Å²) in [6, 6.07) is 2.15. The van der Waals surface area contributed by atoms with Gasteiger partial charge in [0.05, 0.1) is 0 Å². The number of carbonyl (C=O) groups is 1. The molecule has 10 heteroatoms. The van der Waals surface area contributed by atoms with E-state index in [0.717, 1.165) is 44.2 Å². The lowest BCUT2D eigenvalue weighted by Crippen LogP contribution is -2.49. The first kappa shape index (κ1) is 23.7. The second-order valence-electron chi connectivity index (χ2n) is 6.33. The lowest BCUT2D eigenvalue weighted by atomic mass is 10.1. The second kappa shape index (κ2) is 13.0. The van der Waals surface area contributed by atoms with E-state index in [9.17, 15) is 4.79 Å². The van der Waals surface area contributed by atoms with Crippen LogP contribution in [0.15, 0.2) is 23.5 Å². The molecule has 1 amide bonds. The first-order chi connectivity index (χ1) is 12.6. The highest BCUT2D eigenvalue weighted by molar-refractivity contribution is 14.0. The van der Waals surface area contributed by atoms with Crippen LogP contribution in [0.5, 0.6) is 0 Å². The van der Waals surface area contributed by atoms with Crippen LogP contribution in [0.1, 0.15) is 12.8 Å². The van der Waals surface area contributed by atoms with Gasteiger partial charge in [-0.15, -0.1) is 24.0 Å². The van der Waals surface area contributed by atoms with Gasteiger partial charge in [0.15, 0.2) is 5.96 Å². The molecule has 0 saturated carbocycles. The summed E-state index contributed by atoms with van der Waals surface area (Å²) in [5.74, 6) is 2.48. The lowest BCUT2D eigenvalue weighted by Gasteiger charge is -2.33. The van der Waals surface area contributed by atoms with Gasteiger partial charge < -0.3 is 20.4 Å². The van der Waals surface area contributed by atoms with Gasteiger partial charge in [0.1, 0.15) is 6.54 Å². The average molecular weight is 507 g/mol. The van der Waals surface area contributed by atoms with Gasteiger partial charge in [0.25, 0.3) is 0 Å². The van der Waals surface area contributed by atoms with Crippen molar-refractivity contribution in [1.29, 1.82) is 0 Å². The number of aromatic nitrogens is 2. The van der Waals surface area contributed by atoms with Gasteiger partial charge in [0.2, 0.25) is 11.9 Å². The summed E-state index contributed by atoms with van der Waals surface area (Å²) >= 11 is 1.78. The van der Waals surface area contributed by atoms with Crippen LogP contribution in [0.3, 0.4) is 0 Å². The fraction of sp³-hybridized carbons (Fsp3) is 0.647. The normalized spacial score (nSPS) is 15.1. The summed E-state index contributed by atoms with van der Waals surface area (Å²) in [5, 5.41) is 6.79. The van der Waals surface area contributed by atoms with E-state index in [1.54, 1.807) is 43.2 Å². The van der Waals surface area contributed by atoms with Crippen molar-refractivity contribution in [2.24, 2.45) is 4.99 Å². The second-order valence-corrected chi connectivity index (χ2v) is 7.31. The van der Waals surface area contributed by atoms with E-state index in [0.29, 0.717) is 12.0 Å². The van der Waals surface area contributed by atoms with Crippen molar-refractivity contribution < 1.29 is 4.79 Å². The number of carbonyl (C=O) groups excluding carboxylic acids is 1. The molecular formula is C17H30IN7OS. The van der Waals surface area contributed by atoms with Crippen molar-refractivity contribution in [3.05, 3.63) is 18.5 Å². The topological polar surface area (TPSA) is 85.8 Å². The van der Waals surface area contributed by atoms with Crippen LogP contribution in [0, 0.1) is 0 Å². The minimum Gasteiger partial charge on any atom is -0.356 e. The first-order valence-corrected chi connectivity index (χ1v) is 10.3. The highest BCUT2D eigenvalue weighted by atomic mass is 127. The molecule has 0 bridgehead atoms. The molecule has 0 radical (unpaired) electrons. The zero-order valence-corrected chi connectivity index (χ0v) is 19.4. The number of likely N-dealkylation sites (N-methyl/N-ethyl adjacent to an activating group) is 1. The van der Waals surface area contributed by atoms with E-state index in [1.807, 2.05) is 6.07 Å². The van der Waals surface area contributed by atoms with Gasteiger partial charge in [-0.05, 0) is 25.2 Å². The third-order valence-electron chi connectivity index (χ3n) is 4.14. The summed E-state index contributed by atoms with van der Waals surface area (Å²) < 4.78 is 0. The maximum Gasteiger partial charge on any atom is 0.243 e. The molecule has 8 nitrogen and oxygen atoms in total. The molecule has 1 aliphatic rings. The molecule has 1 fully saturated rings. The molecule has 2 N–H and O–H groups in total. The Labute approximate surface area is 183 Å². The largest absolute Gasteiger partial charge is 0.356 e. The number of guanidine groups is 1. The summed E-state index contributed by atoms with van der Waals surface area (Å²) in [7, 11) is 3.49. The summed E-state index contributed by atoms with van der Waals surface area (Å²) in [5.41, 5.74) is 0. The van der Waals surface area contributed by atoms with Gasteiger partial charge in [-0.25, -0.2) is 15.0 Å². The Morgan fingerprint density at radius 3 is 2.59 bits per heavy atom. The maximum atomic E-state index is 11.8. The fourth-order valence-corrected chi connectivity index (χ4v) is 2.89. The molecule has 1 aromatic rings. The number of hydrogen-bond acceptors (Lipinski definition) is 6. The van der Waals surface area contributed by atoms with Crippen molar-refractivity contribution in [3.8, 4) is 0 Å². The molecule has 0 aromatic carbocycles. The SMILES string of the molecule is CSCCNC(=NCC(=O)N(C)C)NC1CCN(c2ncccn2)CC1.I. The highest BCUT2D eigenvalue weighted by Crippen LogP contribution is 2.15. The quantitative estimate of drug-likeness (QED) is 0.247. The van der Waals surface area contributed by atoms with E-state index in [1.165, 1.54) is 0 Å². The van der Waals surface area contributed by atoms with Gasteiger partial charge in [-0.3, -0.25) is 4.79 Å². The summed E-state index contributed by atoms with van der Waals surface area (Å²) in [6.45, 7) is 2.77. The van der Waals surface area contributed by atoms with Crippen LogP contribution in [0.2, 0.25) is 0 Å². The molecule has 0 atom stereocenters. The molecule has 1 saturated heterocycles. The Bertz CT molecular complexity index is 580. The monoisotopic (exact) mass is 507 g/mol. The Morgan fingerprint density at radius 1 is 1.33 bits per heavy atom. The van der Waals surface area contributed by atoms with E-state index in [2.05, 4.69) is 36.7 Å². The highest BCUT2D eigenvalue weighted by Gasteiger charge is 2.21. The Balaban J connectivity index is 0.00000364. The van der Waals surface area contributed by atoms with Crippen LogP contribution in [-0.2, 0) is 4.79 Å². The van der Waals surface area contributed by atoms with Gasteiger partial charge in [-0.1, -0.05) is 0 Å². The van der Waals surface area contributed by atoms with Crippen LogP contribution < -0.4 is 15.5 Å². The predicted octanol–water partition coefficient (Wildman–Crippen LogP) is 1.05. The predicted molar refractivity (Wildman–Crippen MR) is 123 cm³/mol. The first-order valence-electron chi connectivity index (χ1n) is 8.86. The summed E-state index contributed by atoms with van der Waals surface area (Å²) in [4.78, 5) is 28.6. The van der Waals surface area contributed by atoms with E-state index < -0.39 is 0 Å². The standard InChI is InChI=1S/C17H29N7OS.HI/c1-23(2)15(25)13-21-16(18-9-12-26-3)22-14-5-10-24(11-6-14)17-19-7-4-8-20-17;/h4,7-8,14H,5-6,9-13H2,1-3H3,(H2,18,21,22);1H. The van der Waals surface area contributed by atoms with Crippen molar-refractivity contribution in [3.63, 3.8) is 0 Å². The minimum absolute atomic E-state index is 0. The van der Waals surface area contributed by atoms with Crippen LogP contribution >= 0.6 is 35.7 Å². The fourth-order valence-electron chi connectivity index (χ4n) is 2.58. The zero-order valence-electron chi connectivity index (χ0n) is 16.2. The number of nitrogens with one attached hydrogen (secondary N) is 2. The average Bonchev–Trinajstić information content (AvgIpc) is 2.67. The van der Waals surface area contributed by atoms with Gasteiger partial charge in [0, 0.05) is 57.9 Å². The van der Waals surface area contributed by atoms with Crippen LogP contribution in [0.4, 0.5) is 5.95 Å². The maximum absolute atomic E-state index is 11.8. The number of aliphatic imine (C=N–C) groups is 1. The van der Waals surface area contributed by atoms with E-state index in [-0.39, 0.29) is 36.4 Å². The van der Waals surface area contributed by atoms with E-state index >= 15 is 0 Å². The van der Waals surface area contributed by atoms with E-state index in [4.69, 9.17) is 0 Å². The molecular weight excluding hydrogens is 477 g/mol. The molecule has 27 heavy (non-hydrogen) atoms. The smallest absolute Gasteiger partial charge is 0.243 e. The van der Waals surface area contributed by atoms with Gasteiger partial charge >= 0.3 is 0 Å². The molecule has 152 valence electrons. The molecule has 1 aliphatic heterocycles. The van der Waals surface area contributed by atoms with Crippen LogP contribution in [-0.4, -0.2) is 85.1 Å². The Morgan fingerprint density at radius 2 is 2.00 bits per heavy atom. The van der Waals surface area contributed by atoms with Crippen molar-refractivity contribution in [2.75, 3.05) is 57.2 Å². The summed E-state index contributed by atoms with van der Waals surface area (Å²) in [6.07, 6.45) is 7.57. The molecule has 1 aromatic heterocycles. The molecule has 2 heterocycles. The number of piperidine rings is 1.